The average molecular weight is 397 g/mol. The van der Waals surface area contributed by atoms with Crippen LogP contribution in [0.25, 0.3) is 0 Å². The van der Waals surface area contributed by atoms with Gasteiger partial charge in [-0.2, -0.15) is 5.10 Å². The fourth-order valence-electron chi connectivity index (χ4n) is 4.23. The number of piperidine rings is 1. The zero-order valence-electron chi connectivity index (χ0n) is 16.9. The first-order valence-corrected chi connectivity index (χ1v) is 11.8. The lowest BCUT2D eigenvalue weighted by atomic mass is 10.0. The number of rotatable bonds is 5. The molecule has 0 aromatic carbocycles. The Bertz CT molecular complexity index is 785. The van der Waals surface area contributed by atoms with E-state index < -0.39 is 9.84 Å². The molecule has 0 unspecified atom stereocenters. The van der Waals surface area contributed by atoms with E-state index in [1.54, 1.807) is 0 Å². The van der Waals surface area contributed by atoms with E-state index in [1.807, 2.05) is 29.7 Å². The number of amides is 1. The molecule has 8 heteroatoms. The average Bonchev–Trinajstić information content (AvgIpc) is 3.17. The van der Waals surface area contributed by atoms with Crippen molar-refractivity contribution in [2.45, 2.75) is 57.5 Å². The molecule has 3 rings (SSSR count). The van der Waals surface area contributed by atoms with E-state index in [4.69, 9.17) is 0 Å². The van der Waals surface area contributed by atoms with Crippen molar-refractivity contribution in [3.05, 3.63) is 17.5 Å². The van der Waals surface area contributed by atoms with Crippen LogP contribution in [0.1, 0.15) is 67.7 Å². The summed E-state index contributed by atoms with van der Waals surface area (Å²) in [6.45, 7) is 5.73. The van der Waals surface area contributed by atoms with Crippen LogP contribution in [0.15, 0.2) is 6.07 Å². The highest BCUT2D eigenvalue weighted by Gasteiger charge is 2.34. The number of nitrogens with zero attached hydrogens (tertiary/aromatic N) is 4. The fourth-order valence-corrected chi connectivity index (χ4v) is 5.92. The number of likely N-dealkylation sites (N-methyl/N-ethyl adjacent to an activating group) is 1. The maximum absolute atomic E-state index is 13.2. The summed E-state index contributed by atoms with van der Waals surface area (Å²) in [4.78, 5) is 17.3. The summed E-state index contributed by atoms with van der Waals surface area (Å²) < 4.78 is 25.6. The molecule has 2 atom stereocenters. The monoisotopic (exact) mass is 396 g/mol. The van der Waals surface area contributed by atoms with Crippen LogP contribution in [0.2, 0.25) is 0 Å². The van der Waals surface area contributed by atoms with Crippen LogP contribution in [0.4, 0.5) is 0 Å². The summed E-state index contributed by atoms with van der Waals surface area (Å²) in [6, 6.07) is 1.92. The van der Waals surface area contributed by atoms with Crippen molar-refractivity contribution in [1.82, 2.24) is 19.6 Å². The molecule has 1 amide bonds. The highest BCUT2D eigenvalue weighted by atomic mass is 32.2. The highest BCUT2D eigenvalue weighted by molar-refractivity contribution is 7.91. The number of carbonyl (C=O) groups is 1. The molecule has 0 saturated carbocycles. The predicted molar refractivity (Wildman–Crippen MR) is 106 cm³/mol. The van der Waals surface area contributed by atoms with Gasteiger partial charge in [-0.3, -0.25) is 9.48 Å². The van der Waals surface area contributed by atoms with Crippen LogP contribution in [-0.2, 0) is 9.84 Å². The van der Waals surface area contributed by atoms with Gasteiger partial charge in [0.1, 0.15) is 0 Å². The molecule has 2 saturated heterocycles. The standard InChI is InChI=1S/C19H32N4O3S/c1-14(2)18-11-17(20-23(18)16-8-10-27(25,26)13-16)19(24)22-9-6-5-7-15(22)12-21(3)4/h11,14-16H,5-10,12-13H2,1-4H3/t15-,16-/m1/s1. The van der Waals surface area contributed by atoms with E-state index >= 15 is 0 Å². The molecule has 2 fully saturated rings. The van der Waals surface area contributed by atoms with Crippen molar-refractivity contribution >= 4 is 15.7 Å². The van der Waals surface area contributed by atoms with Gasteiger partial charge in [0, 0.05) is 24.8 Å². The van der Waals surface area contributed by atoms with Gasteiger partial charge in [-0.1, -0.05) is 13.8 Å². The van der Waals surface area contributed by atoms with Crippen molar-refractivity contribution in [2.24, 2.45) is 0 Å². The van der Waals surface area contributed by atoms with Crippen LogP contribution in [-0.4, -0.2) is 78.6 Å². The molecule has 27 heavy (non-hydrogen) atoms. The van der Waals surface area contributed by atoms with Crippen LogP contribution >= 0.6 is 0 Å². The fraction of sp³-hybridized carbons (Fsp3) is 0.789. The van der Waals surface area contributed by atoms with Crippen LogP contribution < -0.4 is 0 Å². The van der Waals surface area contributed by atoms with E-state index in [1.165, 1.54) is 0 Å². The smallest absolute Gasteiger partial charge is 0.274 e. The van der Waals surface area contributed by atoms with Gasteiger partial charge >= 0.3 is 0 Å². The third-order valence-electron chi connectivity index (χ3n) is 5.59. The summed E-state index contributed by atoms with van der Waals surface area (Å²) in [6.07, 6.45) is 3.76. The van der Waals surface area contributed by atoms with Crippen molar-refractivity contribution < 1.29 is 13.2 Å². The SMILES string of the molecule is CC(C)c1cc(C(=O)N2CCCC[C@@H]2CN(C)C)nn1[C@@H]1CCS(=O)(=O)C1. The molecule has 1 aromatic heterocycles. The zero-order chi connectivity index (χ0) is 19.8. The molecule has 2 aliphatic rings. The van der Waals surface area contributed by atoms with Crippen LogP contribution in [0, 0.1) is 0 Å². The van der Waals surface area contributed by atoms with Gasteiger partial charge in [-0.25, -0.2) is 8.42 Å². The molecule has 1 aromatic rings. The lowest BCUT2D eigenvalue weighted by Gasteiger charge is -2.36. The van der Waals surface area contributed by atoms with Crippen molar-refractivity contribution in [2.75, 3.05) is 38.7 Å². The number of aromatic nitrogens is 2. The Kier molecular flexibility index (Phi) is 5.96. The third-order valence-corrected chi connectivity index (χ3v) is 7.34. The van der Waals surface area contributed by atoms with Gasteiger partial charge < -0.3 is 9.80 Å². The summed E-state index contributed by atoms with van der Waals surface area (Å²) in [5.74, 6) is 0.481. The molecular weight excluding hydrogens is 364 g/mol. The normalized spacial score (nSPS) is 25.5. The second-order valence-corrected chi connectivity index (χ2v) is 10.7. The maximum atomic E-state index is 13.2. The number of likely N-dealkylation sites (tertiary alicyclic amines) is 1. The largest absolute Gasteiger partial charge is 0.333 e. The van der Waals surface area contributed by atoms with Gasteiger partial charge in [0.2, 0.25) is 0 Å². The van der Waals surface area contributed by atoms with E-state index in [0.29, 0.717) is 12.1 Å². The lowest BCUT2D eigenvalue weighted by Crippen LogP contribution is -2.48. The number of hydrogen-bond donors (Lipinski definition) is 0. The highest BCUT2D eigenvalue weighted by Crippen LogP contribution is 2.29. The Morgan fingerprint density at radius 1 is 1.30 bits per heavy atom. The molecule has 152 valence electrons. The summed E-state index contributed by atoms with van der Waals surface area (Å²) in [5, 5.41) is 4.62. The first-order chi connectivity index (χ1) is 12.7. The van der Waals surface area contributed by atoms with Crippen molar-refractivity contribution in [3.8, 4) is 0 Å². The molecule has 3 heterocycles. The van der Waals surface area contributed by atoms with Gasteiger partial charge in [-0.15, -0.1) is 0 Å². The van der Waals surface area contributed by atoms with Gasteiger partial charge in [0.25, 0.3) is 5.91 Å². The van der Waals surface area contributed by atoms with E-state index in [9.17, 15) is 13.2 Å². The van der Waals surface area contributed by atoms with Gasteiger partial charge in [0.15, 0.2) is 15.5 Å². The Balaban J connectivity index is 1.87. The predicted octanol–water partition coefficient (Wildman–Crippen LogP) is 1.92. The van der Waals surface area contributed by atoms with E-state index in [0.717, 1.165) is 38.0 Å². The summed E-state index contributed by atoms with van der Waals surface area (Å²) >= 11 is 0. The molecular formula is C19H32N4O3S. The Hall–Kier alpha value is -1.41. The molecule has 7 nitrogen and oxygen atoms in total. The maximum Gasteiger partial charge on any atom is 0.274 e. The second-order valence-electron chi connectivity index (χ2n) is 8.52. The molecule has 0 bridgehead atoms. The Labute approximate surface area is 162 Å². The minimum atomic E-state index is -3.00. The quantitative estimate of drug-likeness (QED) is 0.760. The molecule has 0 spiro atoms. The lowest BCUT2D eigenvalue weighted by molar-refractivity contribution is 0.0567. The van der Waals surface area contributed by atoms with Crippen molar-refractivity contribution in [1.29, 1.82) is 0 Å². The van der Waals surface area contributed by atoms with Crippen LogP contribution in [0.5, 0.6) is 0 Å². The summed E-state index contributed by atoms with van der Waals surface area (Å²) in [5.41, 5.74) is 1.40. The topological polar surface area (TPSA) is 75.5 Å². The van der Waals surface area contributed by atoms with E-state index in [-0.39, 0.29) is 35.4 Å². The summed E-state index contributed by atoms with van der Waals surface area (Å²) in [7, 11) is 1.06. The number of hydrogen-bond acceptors (Lipinski definition) is 5. The number of sulfone groups is 1. The van der Waals surface area contributed by atoms with Gasteiger partial charge in [0.05, 0.1) is 17.5 Å². The Morgan fingerprint density at radius 3 is 2.63 bits per heavy atom. The third kappa shape index (κ3) is 4.54. The van der Waals surface area contributed by atoms with Gasteiger partial charge in [-0.05, 0) is 51.8 Å². The molecule has 0 radical (unpaired) electrons. The number of carbonyl (C=O) groups excluding carboxylic acids is 1. The molecule has 0 aliphatic carbocycles. The first kappa shape index (κ1) is 20.3. The molecule has 2 aliphatic heterocycles. The minimum Gasteiger partial charge on any atom is -0.333 e. The Morgan fingerprint density at radius 2 is 2.04 bits per heavy atom. The zero-order valence-corrected chi connectivity index (χ0v) is 17.7. The van der Waals surface area contributed by atoms with Crippen LogP contribution in [0.3, 0.4) is 0 Å². The van der Waals surface area contributed by atoms with Crippen molar-refractivity contribution in [3.63, 3.8) is 0 Å². The second kappa shape index (κ2) is 7.91. The first-order valence-electron chi connectivity index (χ1n) is 9.93. The van der Waals surface area contributed by atoms with E-state index in [2.05, 4.69) is 23.8 Å². The molecule has 0 N–H and O–H groups in total. The minimum absolute atomic E-state index is 0.0249.